The van der Waals surface area contributed by atoms with Gasteiger partial charge in [-0.1, -0.05) is 35.9 Å². The minimum Gasteiger partial charge on any atom is -0.454 e. The van der Waals surface area contributed by atoms with E-state index in [1.54, 1.807) is 36.4 Å². The third-order valence-electron chi connectivity index (χ3n) is 5.42. The Morgan fingerprint density at radius 1 is 0.824 bits per heavy atom. The van der Waals surface area contributed by atoms with Crippen molar-refractivity contribution in [2.45, 2.75) is 13.0 Å². The lowest BCUT2D eigenvalue weighted by Crippen LogP contribution is -2.36. The van der Waals surface area contributed by atoms with Gasteiger partial charge in [0.1, 0.15) is 6.04 Å². The van der Waals surface area contributed by atoms with Gasteiger partial charge in [0.15, 0.2) is 23.0 Å². The molecule has 3 aromatic rings. The number of carbonyl (C=O) groups is 2. The molecule has 34 heavy (non-hydrogen) atoms. The van der Waals surface area contributed by atoms with Gasteiger partial charge in [-0.3, -0.25) is 9.59 Å². The number of anilines is 1. The van der Waals surface area contributed by atoms with E-state index in [9.17, 15) is 9.59 Å². The fourth-order valence-corrected chi connectivity index (χ4v) is 3.63. The van der Waals surface area contributed by atoms with Crippen LogP contribution in [0.4, 0.5) is 5.69 Å². The smallest absolute Gasteiger partial charge is 0.251 e. The van der Waals surface area contributed by atoms with Crippen molar-refractivity contribution in [1.82, 2.24) is 5.32 Å². The lowest BCUT2D eigenvalue weighted by atomic mass is 10.0. The largest absolute Gasteiger partial charge is 0.454 e. The number of rotatable bonds is 6. The summed E-state index contributed by atoms with van der Waals surface area (Å²) in [6.45, 7) is 2.28. The zero-order chi connectivity index (χ0) is 23.5. The van der Waals surface area contributed by atoms with Crippen LogP contribution in [0, 0.1) is 6.92 Å². The first-order valence-corrected chi connectivity index (χ1v) is 10.7. The highest BCUT2D eigenvalue weighted by Crippen LogP contribution is 2.35. The molecule has 2 amide bonds. The highest BCUT2D eigenvalue weighted by atomic mass is 16.7. The topological polar surface area (TPSA) is 95.1 Å². The molecule has 0 aliphatic carbocycles. The summed E-state index contributed by atoms with van der Waals surface area (Å²) in [5.74, 6) is 1.68. The Hall–Kier alpha value is -4.46. The predicted octanol–water partition coefficient (Wildman–Crippen LogP) is 3.96. The van der Waals surface area contributed by atoms with Gasteiger partial charge in [0.05, 0.1) is 0 Å². The normalized spacial score (nSPS) is 14.1. The van der Waals surface area contributed by atoms with Crippen LogP contribution in [-0.2, 0) is 9.59 Å². The minimum absolute atomic E-state index is 0.143. The summed E-state index contributed by atoms with van der Waals surface area (Å²) < 4.78 is 21.4. The van der Waals surface area contributed by atoms with Gasteiger partial charge in [-0.25, -0.2) is 0 Å². The number of carbonyl (C=O) groups excluding carboxylic acids is 2. The first-order chi connectivity index (χ1) is 16.5. The Labute approximate surface area is 196 Å². The fraction of sp³-hybridized carbons (Fsp3) is 0.154. The van der Waals surface area contributed by atoms with Gasteiger partial charge in [0.25, 0.3) is 5.91 Å². The van der Waals surface area contributed by atoms with E-state index in [4.69, 9.17) is 18.9 Å². The molecular weight excluding hydrogens is 436 g/mol. The van der Waals surface area contributed by atoms with Crippen LogP contribution in [0.2, 0.25) is 0 Å². The van der Waals surface area contributed by atoms with Crippen molar-refractivity contribution in [1.29, 1.82) is 0 Å². The minimum atomic E-state index is -0.903. The van der Waals surface area contributed by atoms with Gasteiger partial charge in [0, 0.05) is 17.8 Å². The average molecular weight is 458 g/mol. The van der Waals surface area contributed by atoms with E-state index in [1.807, 2.05) is 37.3 Å². The zero-order valence-electron chi connectivity index (χ0n) is 18.4. The van der Waals surface area contributed by atoms with Crippen molar-refractivity contribution in [2.24, 2.45) is 0 Å². The Morgan fingerprint density at radius 3 is 2.21 bits per heavy atom. The quantitative estimate of drug-likeness (QED) is 0.543. The molecule has 8 heteroatoms. The van der Waals surface area contributed by atoms with E-state index >= 15 is 0 Å². The number of aryl methyl sites for hydroxylation is 1. The Morgan fingerprint density at radius 2 is 1.47 bits per heavy atom. The van der Waals surface area contributed by atoms with Crippen molar-refractivity contribution in [2.75, 3.05) is 18.9 Å². The van der Waals surface area contributed by atoms with Crippen molar-refractivity contribution in [3.63, 3.8) is 0 Å². The Kier molecular flexibility index (Phi) is 5.78. The Bertz CT molecular complexity index is 1270. The van der Waals surface area contributed by atoms with Gasteiger partial charge < -0.3 is 29.6 Å². The maximum atomic E-state index is 13.2. The number of nitrogens with one attached hydrogen (secondary N) is 2. The maximum Gasteiger partial charge on any atom is 0.251 e. The summed E-state index contributed by atoms with van der Waals surface area (Å²) in [7, 11) is 0. The van der Waals surface area contributed by atoms with Crippen LogP contribution < -0.4 is 29.6 Å². The second kappa shape index (κ2) is 9.19. The fourth-order valence-electron chi connectivity index (χ4n) is 3.63. The molecule has 0 fully saturated rings. The summed E-state index contributed by atoms with van der Waals surface area (Å²) in [6.07, 6.45) is 3.03. The number of amides is 2. The third kappa shape index (κ3) is 4.66. The second-order valence-electron chi connectivity index (χ2n) is 7.86. The van der Waals surface area contributed by atoms with E-state index < -0.39 is 11.9 Å². The SMILES string of the molecule is Cc1ccc(C(NC(=O)/C=C/c2ccc3c(c2)OCO3)C(=O)Nc2ccc3c(c2)OCO3)cc1. The molecule has 0 saturated carbocycles. The first-order valence-electron chi connectivity index (χ1n) is 10.7. The molecule has 0 spiro atoms. The number of fused-ring (bicyclic) bond motifs is 2. The molecule has 0 aromatic heterocycles. The van der Waals surface area contributed by atoms with Crippen molar-refractivity contribution in [3.05, 3.63) is 83.4 Å². The molecule has 8 nitrogen and oxygen atoms in total. The van der Waals surface area contributed by atoms with E-state index in [0.29, 0.717) is 34.2 Å². The lowest BCUT2D eigenvalue weighted by Gasteiger charge is -2.18. The molecule has 0 radical (unpaired) electrons. The molecule has 172 valence electrons. The van der Waals surface area contributed by atoms with Gasteiger partial charge >= 0.3 is 0 Å². The summed E-state index contributed by atoms with van der Waals surface area (Å²) in [5.41, 5.74) is 3.02. The van der Waals surface area contributed by atoms with Crippen LogP contribution in [0.25, 0.3) is 6.08 Å². The molecule has 1 unspecified atom stereocenters. The monoisotopic (exact) mass is 458 g/mol. The summed E-state index contributed by atoms with van der Waals surface area (Å²) in [4.78, 5) is 25.9. The van der Waals surface area contributed by atoms with Crippen LogP contribution in [0.3, 0.4) is 0 Å². The molecule has 0 saturated heterocycles. The summed E-state index contributed by atoms with van der Waals surface area (Å²) in [6, 6.07) is 17.1. The molecule has 2 heterocycles. The Balaban J connectivity index is 1.32. The number of hydrogen-bond donors (Lipinski definition) is 2. The van der Waals surface area contributed by atoms with Crippen molar-refractivity contribution >= 4 is 23.6 Å². The van der Waals surface area contributed by atoms with E-state index in [0.717, 1.165) is 11.1 Å². The highest BCUT2D eigenvalue weighted by Gasteiger charge is 2.23. The maximum absolute atomic E-state index is 13.2. The van der Waals surface area contributed by atoms with E-state index in [-0.39, 0.29) is 19.5 Å². The third-order valence-corrected chi connectivity index (χ3v) is 5.42. The van der Waals surface area contributed by atoms with Crippen LogP contribution in [0.5, 0.6) is 23.0 Å². The van der Waals surface area contributed by atoms with Crippen LogP contribution in [0.15, 0.2) is 66.7 Å². The van der Waals surface area contributed by atoms with Gasteiger partial charge in [-0.2, -0.15) is 0 Å². The first kappa shape index (κ1) is 21.4. The van der Waals surface area contributed by atoms with Crippen LogP contribution >= 0.6 is 0 Å². The molecule has 0 bridgehead atoms. The van der Waals surface area contributed by atoms with Crippen LogP contribution in [0.1, 0.15) is 22.7 Å². The molecule has 2 N–H and O–H groups in total. The molecule has 2 aliphatic heterocycles. The van der Waals surface area contributed by atoms with E-state index in [2.05, 4.69) is 10.6 Å². The van der Waals surface area contributed by atoms with Gasteiger partial charge in [0.2, 0.25) is 19.5 Å². The number of benzene rings is 3. The average Bonchev–Trinajstić information content (AvgIpc) is 3.50. The lowest BCUT2D eigenvalue weighted by molar-refractivity contribution is -0.123. The number of ether oxygens (including phenoxy) is 4. The van der Waals surface area contributed by atoms with Gasteiger partial charge in [-0.15, -0.1) is 0 Å². The van der Waals surface area contributed by atoms with Crippen LogP contribution in [-0.4, -0.2) is 25.4 Å². The molecule has 2 aliphatic rings. The molecule has 5 rings (SSSR count). The van der Waals surface area contributed by atoms with E-state index in [1.165, 1.54) is 6.08 Å². The summed E-state index contributed by atoms with van der Waals surface area (Å²) in [5, 5.41) is 5.65. The zero-order valence-corrected chi connectivity index (χ0v) is 18.4. The molecule has 1 atom stereocenters. The predicted molar refractivity (Wildman–Crippen MR) is 125 cm³/mol. The van der Waals surface area contributed by atoms with Crippen molar-refractivity contribution < 1.29 is 28.5 Å². The highest BCUT2D eigenvalue weighted by molar-refractivity contribution is 6.00. The molecule has 3 aromatic carbocycles. The van der Waals surface area contributed by atoms with Crippen molar-refractivity contribution in [3.8, 4) is 23.0 Å². The number of hydrogen-bond acceptors (Lipinski definition) is 6. The molecular formula is C26H22N2O6. The summed E-state index contributed by atoms with van der Waals surface area (Å²) >= 11 is 0. The standard InChI is InChI=1S/C26H22N2O6/c1-16-2-6-18(7-3-16)25(26(30)27-19-8-10-21-23(13-19)34-15-32-21)28-24(29)11-5-17-4-9-20-22(12-17)33-14-31-20/h2-13,25H,14-15H2,1H3,(H,27,30)(H,28,29)/b11-5+. The second-order valence-corrected chi connectivity index (χ2v) is 7.86. The van der Waals surface area contributed by atoms with Gasteiger partial charge in [-0.05, 0) is 48.4 Å².